The Bertz CT molecular complexity index is 288. The highest BCUT2D eigenvalue weighted by molar-refractivity contribution is 7.99. The standard InChI is InChI=1S/C9H11NOS/c10-11-6-7-2-1-3-9-8(7)4-5-12-9/h1-3H,4-6,10H2. The molecule has 0 spiro atoms. The minimum atomic E-state index is 0.531. The van der Waals surface area contributed by atoms with Crippen LogP contribution in [0.3, 0.4) is 0 Å². The number of fused-ring (bicyclic) bond motifs is 1. The number of benzene rings is 1. The van der Waals surface area contributed by atoms with Gasteiger partial charge in [-0.3, -0.25) is 4.84 Å². The molecule has 1 aliphatic rings. The third-order valence-electron chi connectivity index (χ3n) is 2.08. The highest BCUT2D eigenvalue weighted by Gasteiger charge is 2.14. The highest BCUT2D eigenvalue weighted by atomic mass is 32.2. The summed E-state index contributed by atoms with van der Waals surface area (Å²) in [5, 5.41) is 0. The van der Waals surface area contributed by atoms with Gasteiger partial charge in [0.15, 0.2) is 0 Å². The van der Waals surface area contributed by atoms with E-state index < -0.39 is 0 Å². The molecule has 1 aliphatic heterocycles. The van der Waals surface area contributed by atoms with Crippen molar-refractivity contribution in [2.24, 2.45) is 5.90 Å². The Morgan fingerprint density at radius 1 is 1.50 bits per heavy atom. The maximum Gasteiger partial charge on any atom is 0.0933 e. The summed E-state index contributed by atoms with van der Waals surface area (Å²) in [5.41, 5.74) is 2.66. The molecule has 2 nitrogen and oxygen atoms in total. The summed E-state index contributed by atoms with van der Waals surface area (Å²) < 4.78 is 0. The van der Waals surface area contributed by atoms with Gasteiger partial charge in [0.05, 0.1) is 6.61 Å². The largest absolute Gasteiger partial charge is 0.300 e. The number of hydrogen-bond acceptors (Lipinski definition) is 3. The normalized spacial score (nSPS) is 14.8. The summed E-state index contributed by atoms with van der Waals surface area (Å²) in [7, 11) is 0. The highest BCUT2D eigenvalue weighted by Crippen LogP contribution is 2.33. The second-order valence-electron chi connectivity index (χ2n) is 2.80. The van der Waals surface area contributed by atoms with Gasteiger partial charge in [0, 0.05) is 10.6 Å². The fourth-order valence-corrected chi connectivity index (χ4v) is 2.63. The van der Waals surface area contributed by atoms with E-state index in [9.17, 15) is 0 Å². The summed E-state index contributed by atoms with van der Waals surface area (Å²) in [5.74, 6) is 6.24. The Labute approximate surface area is 76.1 Å². The molecule has 0 unspecified atom stereocenters. The van der Waals surface area contributed by atoms with E-state index in [2.05, 4.69) is 23.0 Å². The first-order valence-corrected chi connectivity index (χ1v) is 4.95. The fraction of sp³-hybridized carbons (Fsp3) is 0.333. The van der Waals surface area contributed by atoms with Gasteiger partial charge in [0.1, 0.15) is 0 Å². The molecule has 0 amide bonds. The second-order valence-corrected chi connectivity index (χ2v) is 3.94. The van der Waals surface area contributed by atoms with Crippen molar-refractivity contribution < 1.29 is 4.84 Å². The summed E-state index contributed by atoms with van der Waals surface area (Å²) in [6, 6.07) is 6.30. The van der Waals surface area contributed by atoms with Crippen molar-refractivity contribution in [2.45, 2.75) is 17.9 Å². The fourth-order valence-electron chi connectivity index (χ4n) is 1.52. The van der Waals surface area contributed by atoms with Crippen molar-refractivity contribution in [3.8, 4) is 0 Å². The molecule has 3 heteroatoms. The van der Waals surface area contributed by atoms with Crippen LogP contribution < -0.4 is 5.90 Å². The van der Waals surface area contributed by atoms with Crippen LogP contribution in [-0.4, -0.2) is 5.75 Å². The van der Waals surface area contributed by atoms with Crippen LogP contribution in [0.4, 0.5) is 0 Å². The lowest BCUT2D eigenvalue weighted by Gasteiger charge is -2.04. The van der Waals surface area contributed by atoms with Crippen LogP contribution in [0.2, 0.25) is 0 Å². The predicted octanol–water partition coefficient (Wildman–Crippen LogP) is 1.73. The predicted molar refractivity (Wildman–Crippen MR) is 49.8 cm³/mol. The van der Waals surface area contributed by atoms with Gasteiger partial charge in [0.2, 0.25) is 0 Å². The van der Waals surface area contributed by atoms with E-state index in [0.29, 0.717) is 6.61 Å². The van der Waals surface area contributed by atoms with Gasteiger partial charge in [0.25, 0.3) is 0 Å². The zero-order valence-electron chi connectivity index (χ0n) is 6.75. The van der Waals surface area contributed by atoms with Crippen molar-refractivity contribution in [1.82, 2.24) is 0 Å². The number of thioether (sulfide) groups is 1. The molecule has 64 valence electrons. The SMILES string of the molecule is NOCc1cccc2c1CCS2. The minimum Gasteiger partial charge on any atom is -0.300 e. The van der Waals surface area contributed by atoms with E-state index in [1.807, 2.05) is 11.8 Å². The summed E-state index contributed by atoms with van der Waals surface area (Å²) in [6.07, 6.45) is 1.15. The van der Waals surface area contributed by atoms with Crippen molar-refractivity contribution in [3.63, 3.8) is 0 Å². The number of nitrogens with two attached hydrogens (primary N) is 1. The molecule has 0 fully saturated rings. The molecule has 0 radical (unpaired) electrons. The van der Waals surface area contributed by atoms with E-state index in [4.69, 9.17) is 5.90 Å². The minimum absolute atomic E-state index is 0.531. The Kier molecular flexibility index (Phi) is 2.35. The third-order valence-corrected chi connectivity index (χ3v) is 3.18. The Morgan fingerprint density at radius 2 is 2.42 bits per heavy atom. The zero-order valence-corrected chi connectivity index (χ0v) is 7.56. The first kappa shape index (κ1) is 8.10. The summed E-state index contributed by atoms with van der Waals surface area (Å²) >= 11 is 1.91. The first-order chi connectivity index (χ1) is 5.92. The molecule has 0 aliphatic carbocycles. The van der Waals surface area contributed by atoms with Crippen LogP contribution in [0.25, 0.3) is 0 Å². The molecular weight excluding hydrogens is 170 g/mol. The molecular formula is C9H11NOS. The number of hydrogen-bond donors (Lipinski definition) is 1. The average Bonchev–Trinajstić information content (AvgIpc) is 2.53. The van der Waals surface area contributed by atoms with Crippen molar-refractivity contribution in [2.75, 3.05) is 5.75 Å². The summed E-state index contributed by atoms with van der Waals surface area (Å²) in [6.45, 7) is 0.531. The molecule has 2 N–H and O–H groups in total. The van der Waals surface area contributed by atoms with Gasteiger partial charge in [-0.1, -0.05) is 12.1 Å². The molecule has 0 saturated carbocycles. The Balaban J connectivity index is 2.36. The zero-order chi connectivity index (χ0) is 8.39. The molecule has 1 aromatic carbocycles. The molecule has 2 rings (SSSR count). The lowest BCUT2D eigenvalue weighted by atomic mass is 10.1. The van der Waals surface area contributed by atoms with Gasteiger partial charge < -0.3 is 0 Å². The van der Waals surface area contributed by atoms with E-state index >= 15 is 0 Å². The van der Waals surface area contributed by atoms with E-state index in [0.717, 1.165) is 6.42 Å². The van der Waals surface area contributed by atoms with Crippen LogP contribution in [0, 0.1) is 0 Å². The quantitative estimate of drug-likeness (QED) is 0.706. The van der Waals surface area contributed by atoms with Gasteiger partial charge in [-0.2, -0.15) is 0 Å². The van der Waals surface area contributed by atoms with Crippen molar-refractivity contribution in [1.29, 1.82) is 0 Å². The van der Waals surface area contributed by atoms with Crippen molar-refractivity contribution in [3.05, 3.63) is 29.3 Å². The van der Waals surface area contributed by atoms with E-state index in [-0.39, 0.29) is 0 Å². The van der Waals surface area contributed by atoms with Gasteiger partial charge >= 0.3 is 0 Å². The molecule has 1 heterocycles. The maximum atomic E-state index is 5.05. The maximum absolute atomic E-state index is 5.05. The van der Waals surface area contributed by atoms with Gasteiger partial charge in [-0.15, -0.1) is 11.8 Å². The monoisotopic (exact) mass is 181 g/mol. The topological polar surface area (TPSA) is 35.2 Å². The smallest absolute Gasteiger partial charge is 0.0933 e. The van der Waals surface area contributed by atoms with Crippen LogP contribution in [0.15, 0.2) is 23.1 Å². The lowest BCUT2D eigenvalue weighted by Crippen LogP contribution is -2.01. The number of rotatable bonds is 2. The van der Waals surface area contributed by atoms with Crippen LogP contribution in [0.1, 0.15) is 11.1 Å². The Hall–Kier alpha value is -0.510. The second kappa shape index (κ2) is 3.47. The summed E-state index contributed by atoms with van der Waals surface area (Å²) in [4.78, 5) is 6.04. The van der Waals surface area contributed by atoms with Crippen LogP contribution in [-0.2, 0) is 17.9 Å². The van der Waals surface area contributed by atoms with Gasteiger partial charge in [-0.05, 0) is 23.6 Å². The molecule has 12 heavy (non-hydrogen) atoms. The lowest BCUT2D eigenvalue weighted by molar-refractivity contribution is 0.123. The Morgan fingerprint density at radius 3 is 3.25 bits per heavy atom. The first-order valence-electron chi connectivity index (χ1n) is 3.97. The molecule has 0 bridgehead atoms. The molecule has 0 atom stereocenters. The third kappa shape index (κ3) is 1.35. The van der Waals surface area contributed by atoms with Crippen LogP contribution in [0.5, 0.6) is 0 Å². The molecule has 0 saturated heterocycles. The molecule has 0 aromatic heterocycles. The van der Waals surface area contributed by atoms with Crippen LogP contribution >= 0.6 is 11.8 Å². The van der Waals surface area contributed by atoms with E-state index in [1.165, 1.54) is 21.8 Å². The average molecular weight is 181 g/mol. The van der Waals surface area contributed by atoms with Crippen molar-refractivity contribution >= 4 is 11.8 Å². The van der Waals surface area contributed by atoms with E-state index in [1.54, 1.807) is 0 Å². The van der Waals surface area contributed by atoms with Gasteiger partial charge in [-0.25, -0.2) is 5.90 Å². The molecule has 1 aromatic rings.